The fraction of sp³-hybridized carbons (Fsp3) is 0.143. The zero-order chi connectivity index (χ0) is 6.69. The Morgan fingerprint density at radius 1 is 1.30 bits per heavy atom. The van der Waals surface area contributed by atoms with Crippen molar-refractivity contribution in [2.24, 2.45) is 0 Å². The molecular weight excluding hydrogens is 130 g/mol. The van der Waals surface area contributed by atoms with Gasteiger partial charge in [-0.3, -0.25) is 0 Å². The molecule has 0 aliphatic heterocycles. The van der Waals surface area contributed by atoms with Gasteiger partial charge in [0.1, 0.15) is 5.75 Å². The van der Waals surface area contributed by atoms with Gasteiger partial charge in [-0.05, 0) is 12.1 Å². The van der Waals surface area contributed by atoms with Crippen LogP contribution in [0.5, 0.6) is 5.75 Å². The highest BCUT2D eigenvalue weighted by molar-refractivity contribution is 5.51. The molecule has 0 aliphatic rings. The molecule has 0 saturated carbocycles. The quantitative estimate of drug-likeness (QED) is 0.593. The maximum atomic E-state index is 5.51. The number of methoxy groups -OCH3 is 1. The van der Waals surface area contributed by atoms with E-state index in [1.807, 2.05) is 18.2 Å². The average molecular weight is 139 g/mol. The van der Waals surface area contributed by atoms with Crippen molar-refractivity contribution in [3.8, 4) is 5.75 Å². The molecule has 0 atom stereocenters. The van der Waals surface area contributed by atoms with E-state index in [9.17, 15) is 0 Å². The summed E-state index contributed by atoms with van der Waals surface area (Å²) in [6, 6.07) is 7.39. The minimum absolute atomic E-state index is 0. The second kappa shape index (κ2) is 3.74. The van der Waals surface area contributed by atoms with E-state index in [4.69, 9.17) is 10.5 Å². The van der Waals surface area contributed by atoms with Crippen LogP contribution in [0, 0.1) is 0 Å². The highest BCUT2D eigenvalue weighted by Gasteiger charge is 1.91. The van der Waals surface area contributed by atoms with Crippen LogP contribution in [0.4, 0.5) is 5.69 Å². The lowest BCUT2D eigenvalue weighted by atomic mass is 10.3. The summed E-state index contributed by atoms with van der Waals surface area (Å²) < 4.78 is 4.92. The van der Waals surface area contributed by atoms with Crippen LogP contribution in [0.2, 0.25) is 0 Å². The predicted molar refractivity (Wildman–Crippen MR) is 38.1 cm³/mol. The molecule has 54 valence electrons. The molecule has 0 spiro atoms. The molecular formula is C7H9NO2. The first-order chi connectivity index (χ1) is 4.34. The summed E-state index contributed by atoms with van der Waals surface area (Å²) in [6.45, 7) is 0. The van der Waals surface area contributed by atoms with Gasteiger partial charge in [-0.15, -0.1) is 0 Å². The fourth-order valence-corrected chi connectivity index (χ4v) is 0.666. The minimum atomic E-state index is 0. The molecule has 0 aliphatic carbocycles. The number of para-hydroxylation sites is 2. The van der Waals surface area contributed by atoms with Gasteiger partial charge < -0.3 is 10.5 Å². The second-order valence-corrected chi connectivity index (χ2v) is 1.74. The molecule has 0 heterocycles. The van der Waals surface area contributed by atoms with Crippen molar-refractivity contribution in [1.29, 1.82) is 0 Å². The lowest BCUT2D eigenvalue weighted by molar-refractivity contribution is 0.417. The van der Waals surface area contributed by atoms with E-state index in [-0.39, 0.29) is 5.48 Å². The summed E-state index contributed by atoms with van der Waals surface area (Å²) in [4.78, 5) is 0. The number of anilines is 1. The summed E-state index contributed by atoms with van der Waals surface area (Å²) in [6.07, 6.45) is 0. The first-order valence-corrected chi connectivity index (χ1v) is 2.73. The van der Waals surface area contributed by atoms with Gasteiger partial charge in [-0.25, -0.2) is 0 Å². The van der Waals surface area contributed by atoms with Gasteiger partial charge >= 0.3 is 0 Å². The van der Waals surface area contributed by atoms with Crippen LogP contribution >= 0.6 is 0 Å². The van der Waals surface area contributed by atoms with Crippen LogP contribution in [-0.4, -0.2) is 7.11 Å². The van der Waals surface area contributed by atoms with E-state index < -0.39 is 0 Å². The number of nitrogens with two attached hydrogens (primary N) is 1. The highest BCUT2D eigenvalue weighted by atomic mass is 16.5. The average Bonchev–Trinajstić information content (AvgIpc) is 1.89. The molecule has 1 aromatic carbocycles. The van der Waals surface area contributed by atoms with Crippen molar-refractivity contribution in [2.75, 3.05) is 12.8 Å². The minimum Gasteiger partial charge on any atom is -0.495 e. The monoisotopic (exact) mass is 139 g/mol. The van der Waals surface area contributed by atoms with E-state index in [2.05, 4.69) is 0 Å². The highest BCUT2D eigenvalue weighted by Crippen LogP contribution is 2.18. The molecule has 3 heteroatoms. The van der Waals surface area contributed by atoms with Crippen molar-refractivity contribution in [1.82, 2.24) is 0 Å². The van der Waals surface area contributed by atoms with Crippen LogP contribution < -0.4 is 10.5 Å². The zero-order valence-corrected chi connectivity index (χ0v) is 5.70. The molecule has 10 heavy (non-hydrogen) atoms. The van der Waals surface area contributed by atoms with Gasteiger partial charge in [-0.1, -0.05) is 12.1 Å². The number of hydrogen-bond donors (Lipinski definition) is 1. The Morgan fingerprint density at radius 3 is 2.30 bits per heavy atom. The fourth-order valence-electron chi connectivity index (χ4n) is 0.666. The Morgan fingerprint density at radius 2 is 1.90 bits per heavy atom. The summed E-state index contributed by atoms with van der Waals surface area (Å²) in [7, 11) is 1.60. The maximum Gasteiger partial charge on any atom is 0.141 e. The molecule has 0 unspecified atom stereocenters. The Kier molecular flexibility index (Phi) is 3.28. The van der Waals surface area contributed by atoms with Gasteiger partial charge in [0.15, 0.2) is 0 Å². The summed E-state index contributed by atoms with van der Waals surface area (Å²) in [5.41, 5.74) is 6.19. The van der Waals surface area contributed by atoms with Gasteiger partial charge in [0.25, 0.3) is 0 Å². The van der Waals surface area contributed by atoms with E-state index >= 15 is 0 Å². The number of nitrogen functional groups attached to an aromatic ring is 1. The largest absolute Gasteiger partial charge is 0.495 e. The maximum absolute atomic E-state index is 5.51. The molecule has 2 radical (unpaired) electrons. The van der Waals surface area contributed by atoms with E-state index in [1.165, 1.54) is 0 Å². The molecule has 1 aromatic rings. The van der Waals surface area contributed by atoms with Gasteiger partial charge in [0.05, 0.1) is 12.8 Å². The van der Waals surface area contributed by atoms with Gasteiger partial charge in [-0.2, -0.15) is 0 Å². The summed E-state index contributed by atoms with van der Waals surface area (Å²) >= 11 is 0. The van der Waals surface area contributed by atoms with Crippen LogP contribution in [-0.2, 0) is 5.48 Å². The Labute approximate surface area is 59.7 Å². The molecule has 0 fully saturated rings. The topological polar surface area (TPSA) is 63.8 Å². The van der Waals surface area contributed by atoms with Crippen molar-refractivity contribution < 1.29 is 10.2 Å². The molecule has 2 N–H and O–H groups in total. The standard InChI is InChI=1S/C7H9NO.O/c1-9-7-5-3-2-4-6(7)8;/h2-5H,8H2,1H3;. The number of hydrogen-bond acceptors (Lipinski definition) is 2. The normalized spacial score (nSPS) is 8.10. The second-order valence-electron chi connectivity index (χ2n) is 1.74. The third-order valence-corrected chi connectivity index (χ3v) is 1.14. The molecule has 1 rings (SSSR count). The lowest BCUT2D eigenvalue weighted by Gasteiger charge is -2.00. The van der Waals surface area contributed by atoms with Gasteiger partial charge in [0.2, 0.25) is 0 Å². The Hall–Kier alpha value is -1.22. The Balaban J connectivity index is 0.000000810. The third-order valence-electron chi connectivity index (χ3n) is 1.14. The van der Waals surface area contributed by atoms with Crippen LogP contribution in [0.25, 0.3) is 0 Å². The number of ether oxygens (including phenoxy) is 1. The van der Waals surface area contributed by atoms with Crippen molar-refractivity contribution in [3.63, 3.8) is 0 Å². The van der Waals surface area contributed by atoms with E-state index in [0.29, 0.717) is 5.69 Å². The number of rotatable bonds is 1. The zero-order valence-electron chi connectivity index (χ0n) is 5.70. The first kappa shape index (κ1) is 8.78. The number of benzene rings is 1. The first-order valence-electron chi connectivity index (χ1n) is 2.73. The van der Waals surface area contributed by atoms with E-state index in [1.54, 1.807) is 13.2 Å². The lowest BCUT2D eigenvalue weighted by Crippen LogP contribution is -1.89. The molecule has 0 bridgehead atoms. The molecule has 0 amide bonds. The Bertz CT molecular complexity index is 201. The van der Waals surface area contributed by atoms with Crippen LogP contribution in [0.3, 0.4) is 0 Å². The van der Waals surface area contributed by atoms with Crippen LogP contribution in [0.1, 0.15) is 0 Å². The van der Waals surface area contributed by atoms with Gasteiger partial charge in [0, 0.05) is 5.48 Å². The predicted octanol–water partition coefficient (Wildman–Crippen LogP) is 1.16. The van der Waals surface area contributed by atoms with E-state index in [0.717, 1.165) is 5.75 Å². The summed E-state index contributed by atoms with van der Waals surface area (Å²) in [5.74, 6) is 0.734. The molecule has 0 aromatic heterocycles. The molecule has 3 nitrogen and oxygen atoms in total. The van der Waals surface area contributed by atoms with Crippen molar-refractivity contribution in [2.45, 2.75) is 0 Å². The van der Waals surface area contributed by atoms with Crippen molar-refractivity contribution in [3.05, 3.63) is 24.3 Å². The smallest absolute Gasteiger partial charge is 0.141 e. The summed E-state index contributed by atoms with van der Waals surface area (Å²) in [5, 5.41) is 0. The third kappa shape index (κ3) is 1.63. The SMILES string of the molecule is COc1ccccc1N.[O]. The van der Waals surface area contributed by atoms with Crippen LogP contribution in [0.15, 0.2) is 24.3 Å². The van der Waals surface area contributed by atoms with Crippen molar-refractivity contribution >= 4 is 5.69 Å². The molecule has 0 saturated heterocycles.